The third-order valence-corrected chi connectivity index (χ3v) is 4.26. The smallest absolute Gasteiger partial charge is 0.231 e. The first kappa shape index (κ1) is 14.6. The van der Waals surface area contributed by atoms with E-state index in [-0.39, 0.29) is 12.6 Å². The molecule has 0 saturated carbocycles. The predicted octanol–water partition coefficient (Wildman–Crippen LogP) is 3.25. The van der Waals surface area contributed by atoms with E-state index >= 15 is 0 Å². The van der Waals surface area contributed by atoms with Crippen LogP contribution in [0.4, 0.5) is 0 Å². The SMILES string of the molecule is COc1cc2c(cc1OC)C(=O)/C(=C\c1ccc3c(c1)OCO3)C2. The van der Waals surface area contributed by atoms with Crippen molar-refractivity contribution in [2.75, 3.05) is 21.0 Å². The number of ketones is 1. The summed E-state index contributed by atoms with van der Waals surface area (Å²) in [4.78, 5) is 12.7. The van der Waals surface area contributed by atoms with Gasteiger partial charge in [0.15, 0.2) is 28.8 Å². The maximum absolute atomic E-state index is 12.7. The number of allylic oxidation sites excluding steroid dienone is 1. The number of hydrogen-bond donors (Lipinski definition) is 0. The molecule has 0 amide bonds. The Labute approximate surface area is 139 Å². The zero-order valence-corrected chi connectivity index (χ0v) is 13.4. The summed E-state index contributed by atoms with van der Waals surface area (Å²) in [5.41, 5.74) is 3.26. The Balaban J connectivity index is 1.70. The molecule has 5 nitrogen and oxygen atoms in total. The Kier molecular flexibility index (Phi) is 3.41. The number of Topliss-reactive ketones (excluding diaryl/α,β-unsaturated/α-hetero) is 1. The summed E-state index contributed by atoms with van der Waals surface area (Å²) in [5.74, 6) is 2.65. The van der Waals surface area contributed by atoms with Crippen molar-refractivity contribution in [3.05, 3.63) is 52.6 Å². The molecule has 0 fully saturated rings. The Bertz CT molecular complexity index is 866. The van der Waals surface area contributed by atoms with Gasteiger partial charge in [-0.15, -0.1) is 0 Å². The Hall–Kier alpha value is -2.95. The topological polar surface area (TPSA) is 54.0 Å². The van der Waals surface area contributed by atoms with E-state index in [0.29, 0.717) is 29.2 Å². The minimum atomic E-state index is 0.0172. The number of fused-ring (bicyclic) bond motifs is 2. The summed E-state index contributed by atoms with van der Waals surface area (Å²) in [6.07, 6.45) is 2.46. The summed E-state index contributed by atoms with van der Waals surface area (Å²) in [6.45, 7) is 0.235. The van der Waals surface area contributed by atoms with Crippen LogP contribution in [0.5, 0.6) is 23.0 Å². The number of rotatable bonds is 3. The fraction of sp³-hybridized carbons (Fsp3) is 0.211. The molecule has 1 heterocycles. The van der Waals surface area contributed by atoms with Crippen molar-refractivity contribution in [1.82, 2.24) is 0 Å². The molecule has 24 heavy (non-hydrogen) atoms. The van der Waals surface area contributed by atoms with Crippen molar-refractivity contribution in [1.29, 1.82) is 0 Å². The lowest BCUT2D eigenvalue weighted by atomic mass is 10.1. The van der Waals surface area contributed by atoms with Gasteiger partial charge in [-0.2, -0.15) is 0 Å². The van der Waals surface area contributed by atoms with Crippen LogP contribution in [0.15, 0.2) is 35.9 Å². The predicted molar refractivity (Wildman–Crippen MR) is 88.1 cm³/mol. The first-order valence-electron chi connectivity index (χ1n) is 7.59. The van der Waals surface area contributed by atoms with Crippen LogP contribution < -0.4 is 18.9 Å². The molecule has 5 heteroatoms. The Morgan fingerprint density at radius 2 is 1.75 bits per heavy atom. The molecule has 0 N–H and O–H groups in total. The average molecular weight is 324 g/mol. The van der Waals surface area contributed by atoms with Gasteiger partial charge in [0, 0.05) is 17.6 Å². The summed E-state index contributed by atoms with van der Waals surface area (Å²) in [6, 6.07) is 9.27. The molecule has 2 aromatic rings. The number of benzene rings is 2. The highest BCUT2D eigenvalue weighted by Crippen LogP contribution is 2.38. The lowest BCUT2D eigenvalue weighted by Gasteiger charge is -2.08. The van der Waals surface area contributed by atoms with Crippen LogP contribution in [0.2, 0.25) is 0 Å². The lowest BCUT2D eigenvalue weighted by molar-refractivity contribution is 0.104. The van der Waals surface area contributed by atoms with E-state index in [9.17, 15) is 4.79 Å². The standard InChI is InChI=1S/C19H16O5/c1-21-16-8-12-7-13(19(20)14(12)9-17(16)22-2)5-11-3-4-15-18(6-11)24-10-23-15/h3-6,8-9H,7,10H2,1-2H3/b13-5-. The third kappa shape index (κ3) is 2.29. The maximum Gasteiger partial charge on any atom is 0.231 e. The number of ether oxygens (including phenoxy) is 4. The van der Waals surface area contributed by atoms with Gasteiger partial charge in [-0.1, -0.05) is 6.07 Å². The van der Waals surface area contributed by atoms with E-state index in [1.54, 1.807) is 20.3 Å². The number of methoxy groups -OCH3 is 2. The van der Waals surface area contributed by atoms with Crippen molar-refractivity contribution >= 4 is 11.9 Å². The summed E-state index contributed by atoms with van der Waals surface area (Å²) in [7, 11) is 3.15. The second-order valence-corrected chi connectivity index (χ2v) is 5.65. The largest absolute Gasteiger partial charge is 0.493 e. The molecule has 0 spiro atoms. The third-order valence-electron chi connectivity index (χ3n) is 4.26. The van der Waals surface area contributed by atoms with Gasteiger partial charge in [-0.3, -0.25) is 4.79 Å². The number of carbonyl (C=O) groups excluding carboxylic acids is 1. The van der Waals surface area contributed by atoms with E-state index < -0.39 is 0 Å². The first-order valence-corrected chi connectivity index (χ1v) is 7.59. The maximum atomic E-state index is 12.7. The molecule has 0 radical (unpaired) electrons. The van der Waals surface area contributed by atoms with E-state index in [1.807, 2.05) is 30.3 Å². The van der Waals surface area contributed by atoms with Gasteiger partial charge < -0.3 is 18.9 Å². The minimum Gasteiger partial charge on any atom is -0.493 e. The molecule has 0 atom stereocenters. The van der Waals surface area contributed by atoms with E-state index in [4.69, 9.17) is 18.9 Å². The van der Waals surface area contributed by atoms with Crippen molar-refractivity contribution in [2.24, 2.45) is 0 Å². The molecule has 0 aromatic heterocycles. The van der Waals surface area contributed by atoms with Gasteiger partial charge in [-0.05, 0) is 41.5 Å². The molecule has 1 aliphatic carbocycles. The highest BCUT2D eigenvalue weighted by molar-refractivity contribution is 6.16. The van der Waals surface area contributed by atoms with Crippen LogP contribution in [0.1, 0.15) is 21.5 Å². The first-order chi connectivity index (χ1) is 11.7. The van der Waals surface area contributed by atoms with Gasteiger partial charge in [0.05, 0.1) is 14.2 Å². The monoisotopic (exact) mass is 324 g/mol. The van der Waals surface area contributed by atoms with Gasteiger partial charge >= 0.3 is 0 Å². The zero-order chi connectivity index (χ0) is 16.7. The van der Waals surface area contributed by atoms with Crippen molar-refractivity contribution in [3.63, 3.8) is 0 Å². The minimum absolute atomic E-state index is 0.0172. The molecule has 0 saturated heterocycles. The van der Waals surface area contributed by atoms with E-state index in [0.717, 1.165) is 22.4 Å². The highest BCUT2D eigenvalue weighted by Gasteiger charge is 2.27. The molecule has 1 aliphatic heterocycles. The van der Waals surface area contributed by atoms with E-state index in [1.165, 1.54) is 0 Å². The van der Waals surface area contributed by atoms with Crippen LogP contribution in [0, 0.1) is 0 Å². The van der Waals surface area contributed by atoms with Crippen LogP contribution in [0.25, 0.3) is 6.08 Å². The fourth-order valence-electron chi connectivity index (χ4n) is 3.06. The fourth-order valence-corrected chi connectivity index (χ4v) is 3.06. The normalized spacial score (nSPS) is 16.4. The van der Waals surface area contributed by atoms with Crippen molar-refractivity contribution < 1.29 is 23.7 Å². The molecule has 4 rings (SSSR count). The molecule has 122 valence electrons. The number of carbonyl (C=O) groups is 1. The Morgan fingerprint density at radius 1 is 1.00 bits per heavy atom. The quantitative estimate of drug-likeness (QED) is 0.811. The second kappa shape index (κ2) is 5.60. The molecule has 0 bridgehead atoms. The molecular weight excluding hydrogens is 308 g/mol. The molecule has 0 unspecified atom stereocenters. The van der Waals surface area contributed by atoms with Gasteiger partial charge in [0.2, 0.25) is 6.79 Å². The van der Waals surface area contributed by atoms with Crippen LogP contribution >= 0.6 is 0 Å². The second-order valence-electron chi connectivity index (χ2n) is 5.65. The summed E-state index contributed by atoms with van der Waals surface area (Å²) < 4.78 is 21.3. The summed E-state index contributed by atoms with van der Waals surface area (Å²) in [5, 5.41) is 0. The van der Waals surface area contributed by atoms with E-state index in [2.05, 4.69) is 0 Å². The molecular formula is C19H16O5. The number of hydrogen-bond acceptors (Lipinski definition) is 5. The van der Waals surface area contributed by atoms with Gasteiger partial charge in [0.25, 0.3) is 0 Å². The van der Waals surface area contributed by atoms with Crippen molar-refractivity contribution in [2.45, 2.75) is 6.42 Å². The average Bonchev–Trinajstić information content (AvgIpc) is 3.18. The molecule has 2 aliphatic rings. The highest BCUT2D eigenvalue weighted by atomic mass is 16.7. The van der Waals surface area contributed by atoms with Crippen LogP contribution in [-0.4, -0.2) is 26.8 Å². The summed E-state index contributed by atoms with van der Waals surface area (Å²) >= 11 is 0. The zero-order valence-electron chi connectivity index (χ0n) is 13.4. The lowest BCUT2D eigenvalue weighted by Crippen LogP contribution is -1.97. The van der Waals surface area contributed by atoms with Gasteiger partial charge in [-0.25, -0.2) is 0 Å². The van der Waals surface area contributed by atoms with Gasteiger partial charge in [0.1, 0.15) is 0 Å². The van der Waals surface area contributed by atoms with Crippen LogP contribution in [-0.2, 0) is 6.42 Å². The Morgan fingerprint density at radius 3 is 2.54 bits per heavy atom. The van der Waals surface area contributed by atoms with Crippen molar-refractivity contribution in [3.8, 4) is 23.0 Å². The molecule has 2 aromatic carbocycles. The van der Waals surface area contributed by atoms with Crippen LogP contribution in [0.3, 0.4) is 0 Å².